The first-order valence-corrected chi connectivity index (χ1v) is 7.94. The van der Waals surface area contributed by atoms with Crippen LogP contribution in [0.25, 0.3) is 0 Å². The number of carbonyl (C=O) groups is 1. The third-order valence-electron chi connectivity index (χ3n) is 4.39. The summed E-state index contributed by atoms with van der Waals surface area (Å²) in [5.41, 5.74) is 5.78. The minimum atomic E-state index is 0.124. The van der Waals surface area contributed by atoms with Gasteiger partial charge in [0.05, 0.1) is 0 Å². The Hall–Kier alpha value is -0.610. The van der Waals surface area contributed by atoms with Gasteiger partial charge in [0.2, 0.25) is 5.91 Å². The van der Waals surface area contributed by atoms with Gasteiger partial charge in [-0.2, -0.15) is 0 Å². The van der Waals surface area contributed by atoms with Crippen LogP contribution in [0, 0.1) is 17.8 Å². The van der Waals surface area contributed by atoms with Crippen LogP contribution in [-0.4, -0.2) is 31.6 Å². The van der Waals surface area contributed by atoms with Gasteiger partial charge >= 0.3 is 0 Å². The van der Waals surface area contributed by atoms with Gasteiger partial charge in [0.15, 0.2) is 0 Å². The summed E-state index contributed by atoms with van der Waals surface area (Å²) in [7, 11) is 0. The standard InChI is InChI=1S/C15H29N3O/c1-2-7-17-15(19)8-13(9-16)18-10-14(11-3-4-11)12-5-6-12/h11-14,18H,2-10,16H2,1H3,(H,17,19). The second-order valence-corrected chi connectivity index (χ2v) is 6.23. The summed E-state index contributed by atoms with van der Waals surface area (Å²) in [5.74, 6) is 2.87. The van der Waals surface area contributed by atoms with E-state index >= 15 is 0 Å². The van der Waals surface area contributed by atoms with E-state index in [4.69, 9.17) is 5.73 Å². The second kappa shape index (κ2) is 7.25. The summed E-state index contributed by atoms with van der Waals surface area (Å²) in [6, 6.07) is 0.136. The van der Waals surface area contributed by atoms with Gasteiger partial charge < -0.3 is 16.4 Å². The SMILES string of the molecule is CCCNC(=O)CC(CN)NCC(C1CC1)C1CC1. The van der Waals surface area contributed by atoms with Gasteiger partial charge in [-0.05, 0) is 56.4 Å². The van der Waals surface area contributed by atoms with Crippen LogP contribution in [0.1, 0.15) is 45.4 Å². The number of nitrogens with two attached hydrogens (primary N) is 1. The molecule has 4 nitrogen and oxygen atoms in total. The quantitative estimate of drug-likeness (QED) is 0.558. The number of carbonyl (C=O) groups excluding carboxylic acids is 1. The average molecular weight is 267 g/mol. The molecular formula is C15H29N3O. The first kappa shape index (κ1) is 14.8. The highest BCUT2D eigenvalue weighted by Crippen LogP contribution is 2.48. The zero-order chi connectivity index (χ0) is 13.7. The molecule has 0 radical (unpaired) electrons. The fourth-order valence-corrected chi connectivity index (χ4v) is 2.87. The predicted molar refractivity (Wildman–Crippen MR) is 77.7 cm³/mol. The Morgan fingerprint density at radius 2 is 1.89 bits per heavy atom. The van der Waals surface area contributed by atoms with Crippen LogP contribution in [0.4, 0.5) is 0 Å². The number of nitrogens with one attached hydrogen (secondary N) is 2. The van der Waals surface area contributed by atoms with E-state index < -0.39 is 0 Å². The van der Waals surface area contributed by atoms with E-state index in [9.17, 15) is 4.79 Å². The summed E-state index contributed by atoms with van der Waals surface area (Å²) < 4.78 is 0. The molecule has 2 aliphatic rings. The smallest absolute Gasteiger partial charge is 0.221 e. The summed E-state index contributed by atoms with van der Waals surface area (Å²) in [4.78, 5) is 11.7. The fraction of sp³-hybridized carbons (Fsp3) is 0.933. The lowest BCUT2D eigenvalue weighted by Gasteiger charge is -2.21. The third-order valence-corrected chi connectivity index (χ3v) is 4.39. The van der Waals surface area contributed by atoms with Crippen molar-refractivity contribution in [2.75, 3.05) is 19.6 Å². The lowest BCUT2D eigenvalue weighted by molar-refractivity contribution is -0.121. The lowest BCUT2D eigenvalue weighted by atomic mass is 9.97. The van der Waals surface area contributed by atoms with Gasteiger partial charge in [0.1, 0.15) is 0 Å². The van der Waals surface area contributed by atoms with E-state index in [1.165, 1.54) is 25.7 Å². The van der Waals surface area contributed by atoms with Crippen molar-refractivity contribution in [3.63, 3.8) is 0 Å². The van der Waals surface area contributed by atoms with E-state index in [0.29, 0.717) is 13.0 Å². The molecule has 0 aromatic carbocycles. The van der Waals surface area contributed by atoms with Gasteiger partial charge in [-0.25, -0.2) is 0 Å². The maximum absolute atomic E-state index is 11.7. The van der Waals surface area contributed by atoms with Crippen LogP contribution in [0.5, 0.6) is 0 Å². The summed E-state index contributed by atoms with van der Waals surface area (Å²) in [5, 5.41) is 6.45. The highest BCUT2D eigenvalue weighted by atomic mass is 16.1. The maximum atomic E-state index is 11.7. The monoisotopic (exact) mass is 267 g/mol. The molecule has 0 heterocycles. The Kier molecular flexibility index (Phi) is 5.64. The minimum Gasteiger partial charge on any atom is -0.356 e. The molecule has 2 rings (SSSR count). The van der Waals surface area contributed by atoms with E-state index in [0.717, 1.165) is 37.3 Å². The van der Waals surface area contributed by atoms with Crippen molar-refractivity contribution in [3.05, 3.63) is 0 Å². The van der Waals surface area contributed by atoms with Gasteiger partial charge in [-0.3, -0.25) is 4.79 Å². The normalized spacial score (nSPS) is 20.6. The molecule has 110 valence electrons. The maximum Gasteiger partial charge on any atom is 0.221 e. The fourth-order valence-electron chi connectivity index (χ4n) is 2.87. The Bertz CT molecular complexity index is 275. The Labute approximate surface area is 116 Å². The largest absolute Gasteiger partial charge is 0.356 e. The molecule has 2 aliphatic carbocycles. The topological polar surface area (TPSA) is 67.2 Å². The second-order valence-electron chi connectivity index (χ2n) is 6.23. The molecule has 2 saturated carbocycles. The van der Waals surface area contributed by atoms with E-state index in [1.807, 2.05) is 0 Å². The molecule has 0 saturated heterocycles. The van der Waals surface area contributed by atoms with Crippen LogP contribution in [0.3, 0.4) is 0 Å². The molecule has 19 heavy (non-hydrogen) atoms. The Morgan fingerprint density at radius 1 is 1.26 bits per heavy atom. The molecule has 1 amide bonds. The number of hydrogen-bond acceptors (Lipinski definition) is 3. The molecule has 0 aromatic heterocycles. The highest BCUT2D eigenvalue weighted by Gasteiger charge is 2.41. The molecule has 0 bridgehead atoms. The summed E-state index contributed by atoms with van der Waals surface area (Å²) >= 11 is 0. The zero-order valence-corrected chi connectivity index (χ0v) is 12.2. The summed E-state index contributed by atoms with van der Waals surface area (Å²) in [6.45, 7) is 4.43. The minimum absolute atomic E-state index is 0.124. The molecule has 4 heteroatoms. The molecule has 0 aromatic rings. The molecule has 1 unspecified atom stereocenters. The molecule has 1 atom stereocenters. The number of hydrogen-bond donors (Lipinski definition) is 3. The summed E-state index contributed by atoms with van der Waals surface area (Å²) in [6.07, 6.45) is 7.14. The molecule has 0 spiro atoms. The van der Waals surface area contributed by atoms with E-state index in [-0.39, 0.29) is 11.9 Å². The lowest BCUT2D eigenvalue weighted by Crippen LogP contribution is -2.43. The predicted octanol–water partition coefficient (Wildman–Crippen LogP) is 1.26. The van der Waals surface area contributed by atoms with Crippen LogP contribution >= 0.6 is 0 Å². The number of rotatable bonds is 10. The van der Waals surface area contributed by atoms with E-state index in [1.54, 1.807) is 0 Å². The van der Waals surface area contributed by atoms with Crippen molar-refractivity contribution >= 4 is 5.91 Å². The van der Waals surface area contributed by atoms with Gasteiger partial charge in [0.25, 0.3) is 0 Å². The van der Waals surface area contributed by atoms with Gasteiger partial charge in [-0.1, -0.05) is 6.92 Å². The first-order chi connectivity index (χ1) is 9.24. The number of amides is 1. The average Bonchev–Trinajstić information content (AvgIpc) is 3.27. The third kappa shape index (κ3) is 5.11. The molecule has 0 aliphatic heterocycles. The van der Waals surface area contributed by atoms with Crippen LogP contribution in [-0.2, 0) is 4.79 Å². The van der Waals surface area contributed by atoms with Gasteiger partial charge in [-0.15, -0.1) is 0 Å². The molecular weight excluding hydrogens is 238 g/mol. The van der Waals surface area contributed by atoms with Crippen molar-refractivity contribution in [2.24, 2.45) is 23.5 Å². The highest BCUT2D eigenvalue weighted by molar-refractivity contribution is 5.76. The van der Waals surface area contributed by atoms with E-state index in [2.05, 4.69) is 17.6 Å². The Morgan fingerprint density at radius 3 is 2.37 bits per heavy atom. The van der Waals surface area contributed by atoms with Crippen molar-refractivity contribution in [3.8, 4) is 0 Å². The molecule has 2 fully saturated rings. The van der Waals surface area contributed by atoms with Crippen molar-refractivity contribution in [1.29, 1.82) is 0 Å². The van der Waals surface area contributed by atoms with Crippen LogP contribution < -0.4 is 16.4 Å². The van der Waals surface area contributed by atoms with Crippen molar-refractivity contribution < 1.29 is 4.79 Å². The van der Waals surface area contributed by atoms with Gasteiger partial charge in [0, 0.05) is 25.6 Å². The van der Waals surface area contributed by atoms with Crippen LogP contribution in [0.2, 0.25) is 0 Å². The zero-order valence-electron chi connectivity index (χ0n) is 12.2. The Balaban J connectivity index is 1.67. The first-order valence-electron chi connectivity index (χ1n) is 7.94. The molecule has 4 N–H and O–H groups in total. The van der Waals surface area contributed by atoms with Crippen molar-refractivity contribution in [2.45, 2.75) is 51.5 Å². The van der Waals surface area contributed by atoms with Crippen molar-refractivity contribution in [1.82, 2.24) is 10.6 Å². The van der Waals surface area contributed by atoms with Crippen LogP contribution in [0.15, 0.2) is 0 Å².